The summed E-state index contributed by atoms with van der Waals surface area (Å²) in [5, 5.41) is 0.517. The van der Waals surface area contributed by atoms with Gasteiger partial charge in [-0.3, -0.25) is 14.4 Å². The number of hydrogen-bond donors (Lipinski definition) is 0. The Balaban J connectivity index is 1.56. The molecule has 1 aliphatic carbocycles. The van der Waals surface area contributed by atoms with Crippen molar-refractivity contribution in [3.8, 4) is 5.75 Å². The minimum Gasteiger partial charge on any atom is -0.494 e. The zero-order valence-corrected chi connectivity index (χ0v) is 23.0. The van der Waals surface area contributed by atoms with E-state index in [0.29, 0.717) is 39.6 Å². The lowest BCUT2D eigenvalue weighted by atomic mass is 9.64. The Morgan fingerprint density at radius 1 is 0.854 bits per heavy atom. The maximum atomic E-state index is 14.7. The largest absolute Gasteiger partial charge is 0.494 e. The van der Waals surface area contributed by atoms with Crippen LogP contribution in [0.2, 0.25) is 5.02 Å². The molecule has 0 saturated carbocycles. The molecule has 0 bridgehead atoms. The van der Waals surface area contributed by atoms with Gasteiger partial charge in [-0.2, -0.15) is 0 Å². The van der Waals surface area contributed by atoms with Crippen LogP contribution in [-0.2, 0) is 0 Å². The summed E-state index contributed by atoms with van der Waals surface area (Å²) in [4.78, 5) is 46.2. The van der Waals surface area contributed by atoms with E-state index in [1.54, 1.807) is 48.5 Å². The summed E-state index contributed by atoms with van der Waals surface area (Å²) in [5.74, 6) is -0.996. The molecule has 0 aromatic heterocycles. The Kier molecular flexibility index (Phi) is 5.95. The van der Waals surface area contributed by atoms with E-state index in [4.69, 9.17) is 16.3 Å². The summed E-state index contributed by atoms with van der Waals surface area (Å²) in [6.45, 7) is 2.28. The van der Waals surface area contributed by atoms with E-state index in [1.165, 1.54) is 0 Å². The summed E-state index contributed by atoms with van der Waals surface area (Å²) in [6, 6.07) is 27.5. The van der Waals surface area contributed by atoms with Crippen molar-refractivity contribution in [3.63, 3.8) is 0 Å². The molecule has 4 aromatic carbocycles. The van der Waals surface area contributed by atoms with Gasteiger partial charge in [0.05, 0.1) is 12.6 Å². The van der Waals surface area contributed by atoms with Crippen LogP contribution in [-0.4, -0.2) is 36.0 Å². The third-order valence-electron chi connectivity index (χ3n) is 8.66. The maximum Gasteiger partial charge on any atom is 0.185 e. The number of carbonyl (C=O) groups is 3. The van der Waals surface area contributed by atoms with Gasteiger partial charge in [-0.05, 0) is 48.9 Å². The molecule has 2 heterocycles. The summed E-state index contributed by atoms with van der Waals surface area (Å²) in [5.41, 5.74) is 2.05. The quantitative estimate of drug-likeness (QED) is 0.193. The summed E-state index contributed by atoms with van der Waals surface area (Å²) >= 11 is 6.19. The molecule has 1 fully saturated rings. The zero-order valence-electron chi connectivity index (χ0n) is 22.3. The van der Waals surface area contributed by atoms with Gasteiger partial charge < -0.3 is 9.64 Å². The molecular weight excluding hydrogens is 534 g/mol. The molecule has 7 rings (SSSR count). The van der Waals surface area contributed by atoms with Crippen LogP contribution >= 0.6 is 11.6 Å². The molecule has 202 valence electrons. The first-order chi connectivity index (χ1) is 20.0. The Hall–Kier alpha value is -4.48. The second kappa shape index (κ2) is 9.57. The molecule has 4 aromatic rings. The van der Waals surface area contributed by atoms with E-state index in [2.05, 4.69) is 0 Å². The lowest BCUT2D eigenvalue weighted by Crippen LogP contribution is -2.48. The summed E-state index contributed by atoms with van der Waals surface area (Å²) in [7, 11) is 0. The predicted molar refractivity (Wildman–Crippen MR) is 159 cm³/mol. The third kappa shape index (κ3) is 3.52. The number of para-hydroxylation sites is 2. The topological polar surface area (TPSA) is 63.7 Å². The molecule has 0 amide bonds. The number of ether oxygens (including phenoxy) is 1. The second-order valence-electron chi connectivity index (χ2n) is 10.6. The molecule has 3 aliphatic rings. The van der Waals surface area contributed by atoms with Crippen LogP contribution in [0.15, 0.2) is 103 Å². The fourth-order valence-corrected chi connectivity index (χ4v) is 7.20. The molecule has 5 nitrogen and oxygen atoms in total. The van der Waals surface area contributed by atoms with Gasteiger partial charge in [-0.1, -0.05) is 84.4 Å². The third-order valence-corrected chi connectivity index (χ3v) is 8.92. The van der Waals surface area contributed by atoms with E-state index < -0.39 is 23.4 Å². The number of hydrogen-bond acceptors (Lipinski definition) is 5. The number of benzene rings is 4. The monoisotopic (exact) mass is 559 g/mol. The maximum absolute atomic E-state index is 14.7. The second-order valence-corrected chi connectivity index (χ2v) is 11.0. The highest BCUT2D eigenvalue weighted by Gasteiger charge is 2.71. The lowest BCUT2D eigenvalue weighted by molar-refractivity contribution is 0.0664. The van der Waals surface area contributed by atoms with Crippen LogP contribution in [0.1, 0.15) is 55.0 Å². The predicted octanol–water partition coefficient (Wildman–Crippen LogP) is 7.06. The average molecular weight is 560 g/mol. The standard InChI is InChI=1S/C35H26ClNO4/c1-2-41-28-14-8-6-12-26(28)30-31(32(38)22-15-18-23(36)19-16-22)37-27-13-7-3-9-21(27)17-20-29(37)35(30)33(39)24-10-4-5-11-25(24)34(35)40/h3-20,29-31H,2H2,1H3/t29-,30+,31+/m1/s1. The van der Waals surface area contributed by atoms with Crippen LogP contribution in [0, 0.1) is 5.41 Å². The molecule has 0 unspecified atom stereocenters. The number of fused-ring (bicyclic) bond motifs is 5. The highest BCUT2D eigenvalue weighted by Crippen LogP contribution is 2.61. The first-order valence-corrected chi connectivity index (χ1v) is 14.1. The molecule has 2 aliphatic heterocycles. The van der Waals surface area contributed by atoms with Crippen molar-refractivity contribution >= 4 is 40.7 Å². The van der Waals surface area contributed by atoms with Gasteiger partial charge in [-0.15, -0.1) is 0 Å². The molecule has 0 radical (unpaired) electrons. The van der Waals surface area contributed by atoms with Gasteiger partial charge in [0.2, 0.25) is 0 Å². The Morgan fingerprint density at radius 2 is 1.49 bits per heavy atom. The van der Waals surface area contributed by atoms with Crippen molar-refractivity contribution in [2.45, 2.75) is 24.9 Å². The molecule has 3 atom stereocenters. The highest BCUT2D eigenvalue weighted by atomic mass is 35.5. The molecular formula is C35H26ClNO4. The average Bonchev–Trinajstić information content (AvgIpc) is 3.44. The van der Waals surface area contributed by atoms with Gasteiger partial charge >= 0.3 is 0 Å². The van der Waals surface area contributed by atoms with Crippen LogP contribution < -0.4 is 9.64 Å². The van der Waals surface area contributed by atoms with Crippen molar-refractivity contribution in [2.24, 2.45) is 5.41 Å². The molecule has 41 heavy (non-hydrogen) atoms. The van der Waals surface area contributed by atoms with Crippen LogP contribution in [0.3, 0.4) is 0 Å². The number of rotatable bonds is 5. The van der Waals surface area contributed by atoms with Crippen molar-refractivity contribution in [1.82, 2.24) is 0 Å². The van der Waals surface area contributed by atoms with Gasteiger partial charge in [0.1, 0.15) is 17.2 Å². The molecule has 1 saturated heterocycles. The van der Waals surface area contributed by atoms with E-state index in [-0.39, 0.29) is 17.3 Å². The van der Waals surface area contributed by atoms with Crippen LogP contribution in [0.25, 0.3) is 6.08 Å². The number of ketones is 3. The first kappa shape index (κ1) is 25.5. The van der Waals surface area contributed by atoms with Crippen molar-refractivity contribution in [1.29, 1.82) is 0 Å². The van der Waals surface area contributed by atoms with Gasteiger partial charge in [0.15, 0.2) is 17.3 Å². The van der Waals surface area contributed by atoms with Gasteiger partial charge in [0, 0.05) is 38.9 Å². The molecule has 1 spiro atoms. The van der Waals surface area contributed by atoms with Crippen molar-refractivity contribution in [3.05, 3.63) is 136 Å². The summed E-state index contributed by atoms with van der Waals surface area (Å²) < 4.78 is 6.08. The molecule has 6 heteroatoms. The fourth-order valence-electron chi connectivity index (χ4n) is 7.07. The van der Waals surface area contributed by atoms with E-state index in [0.717, 1.165) is 11.3 Å². The zero-order chi connectivity index (χ0) is 28.3. The van der Waals surface area contributed by atoms with Gasteiger partial charge in [0.25, 0.3) is 0 Å². The van der Waals surface area contributed by atoms with Crippen LogP contribution in [0.4, 0.5) is 5.69 Å². The van der Waals surface area contributed by atoms with Crippen molar-refractivity contribution < 1.29 is 19.1 Å². The minimum atomic E-state index is -1.58. The fraction of sp³-hybridized carbons (Fsp3) is 0.171. The number of carbonyl (C=O) groups excluding carboxylic acids is 3. The Labute approximate surface area is 243 Å². The normalized spacial score (nSPS) is 21.5. The van der Waals surface area contributed by atoms with Crippen LogP contribution in [0.5, 0.6) is 5.75 Å². The lowest BCUT2D eigenvalue weighted by Gasteiger charge is -2.37. The smallest absolute Gasteiger partial charge is 0.185 e. The van der Waals surface area contributed by atoms with E-state index in [9.17, 15) is 14.4 Å². The summed E-state index contributed by atoms with van der Waals surface area (Å²) in [6.07, 6.45) is 3.89. The number of Topliss-reactive ketones (excluding diaryl/α,β-unsaturated/α-hetero) is 3. The number of nitrogens with zero attached hydrogens (tertiary/aromatic N) is 1. The van der Waals surface area contributed by atoms with Crippen molar-refractivity contribution in [2.75, 3.05) is 11.5 Å². The number of anilines is 1. The first-order valence-electron chi connectivity index (χ1n) is 13.7. The molecule has 0 N–H and O–H groups in total. The van der Waals surface area contributed by atoms with Gasteiger partial charge in [-0.25, -0.2) is 0 Å². The highest BCUT2D eigenvalue weighted by molar-refractivity contribution is 6.32. The van der Waals surface area contributed by atoms with E-state index in [1.807, 2.05) is 72.5 Å². The number of halogens is 1. The minimum absolute atomic E-state index is 0.193. The SMILES string of the molecule is CCOc1ccccc1[C@H]1[C@@H](C(=O)c2ccc(Cl)cc2)N2c3ccccc3C=C[C@@H]2C12C(=O)c1ccccc1C2=O. The van der Waals surface area contributed by atoms with E-state index >= 15 is 0 Å². The Morgan fingerprint density at radius 3 is 2.20 bits per heavy atom. The Bertz CT molecular complexity index is 1720.